The van der Waals surface area contributed by atoms with Crippen molar-refractivity contribution in [2.75, 3.05) is 19.8 Å². The number of carbonyl (C=O) groups is 2. The average molecular weight is 258 g/mol. The summed E-state index contributed by atoms with van der Waals surface area (Å²) >= 11 is 0. The van der Waals surface area contributed by atoms with Crippen molar-refractivity contribution >= 4 is 11.9 Å². The largest absolute Gasteiger partial charge is 0.351 e. The van der Waals surface area contributed by atoms with Gasteiger partial charge in [0.05, 0.1) is 6.54 Å². The lowest BCUT2D eigenvalue weighted by Crippen LogP contribution is -2.44. The summed E-state index contributed by atoms with van der Waals surface area (Å²) in [7, 11) is 0. The molecule has 6 nitrogen and oxygen atoms in total. The van der Waals surface area contributed by atoms with Crippen LogP contribution >= 0.6 is 0 Å². The average Bonchev–Trinajstić information content (AvgIpc) is 2.54. The second kappa shape index (κ2) is 6.15. The van der Waals surface area contributed by atoms with Crippen LogP contribution in [0.2, 0.25) is 0 Å². The van der Waals surface area contributed by atoms with E-state index in [1.807, 2.05) is 20.8 Å². The van der Waals surface area contributed by atoms with E-state index in [-0.39, 0.29) is 18.5 Å². The molecule has 0 aromatic carbocycles. The zero-order valence-electron chi connectivity index (χ0n) is 11.5. The van der Waals surface area contributed by atoms with Gasteiger partial charge in [-0.2, -0.15) is 0 Å². The maximum absolute atomic E-state index is 12.1. The second-order valence-corrected chi connectivity index (χ2v) is 4.37. The number of carbonyl (C=O) groups excluding carboxylic acids is 2. The zero-order valence-corrected chi connectivity index (χ0v) is 11.5. The van der Waals surface area contributed by atoms with Crippen LogP contribution in [0.1, 0.15) is 34.1 Å². The van der Waals surface area contributed by atoms with Crippen molar-refractivity contribution < 1.29 is 19.1 Å². The zero-order chi connectivity index (χ0) is 13.8. The molecule has 1 saturated heterocycles. The van der Waals surface area contributed by atoms with Crippen LogP contribution in [0.15, 0.2) is 0 Å². The molecule has 0 aliphatic carbocycles. The fourth-order valence-electron chi connectivity index (χ4n) is 1.83. The summed E-state index contributed by atoms with van der Waals surface area (Å²) in [4.78, 5) is 25.1. The highest BCUT2D eigenvalue weighted by Crippen LogP contribution is 2.21. The first kappa shape index (κ1) is 14.9. The number of urea groups is 1. The fraction of sp³-hybridized carbons (Fsp3) is 0.833. The summed E-state index contributed by atoms with van der Waals surface area (Å²) in [5.41, 5.74) is -0.805. The number of rotatable bonds is 7. The first-order valence-corrected chi connectivity index (χ1v) is 6.35. The topological polar surface area (TPSA) is 67.9 Å². The number of nitrogens with zero attached hydrogens (tertiary/aromatic N) is 1. The Kier molecular flexibility index (Phi) is 5.10. The third kappa shape index (κ3) is 3.00. The molecule has 1 aliphatic rings. The van der Waals surface area contributed by atoms with Crippen molar-refractivity contribution in [2.24, 2.45) is 0 Å². The standard InChI is InChI=1S/C12H22N2O4/c1-5-12(4)10(15)14(11(16)13-12)8-9(17-6-2)18-7-3/h9H,5-8H2,1-4H3,(H,13,16). The van der Waals surface area contributed by atoms with Gasteiger partial charge in [-0.25, -0.2) is 4.79 Å². The summed E-state index contributed by atoms with van der Waals surface area (Å²) < 4.78 is 10.7. The highest BCUT2D eigenvalue weighted by molar-refractivity contribution is 6.06. The summed E-state index contributed by atoms with van der Waals surface area (Å²) in [6.07, 6.45) is -0.00365. The molecule has 0 bridgehead atoms. The maximum atomic E-state index is 12.1. The third-order valence-electron chi connectivity index (χ3n) is 3.09. The summed E-state index contributed by atoms with van der Waals surface area (Å²) in [6, 6.07) is -0.381. The van der Waals surface area contributed by atoms with Gasteiger partial charge >= 0.3 is 6.03 Å². The van der Waals surface area contributed by atoms with Crippen molar-refractivity contribution in [2.45, 2.75) is 45.9 Å². The molecule has 6 heteroatoms. The van der Waals surface area contributed by atoms with E-state index < -0.39 is 11.8 Å². The van der Waals surface area contributed by atoms with Crippen molar-refractivity contribution in [3.8, 4) is 0 Å². The van der Waals surface area contributed by atoms with Gasteiger partial charge < -0.3 is 14.8 Å². The Balaban J connectivity index is 2.71. The predicted octanol–water partition coefficient (Wildman–Crippen LogP) is 1.11. The predicted molar refractivity (Wildman–Crippen MR) is 66.0 cm³/mol. The molecular formula is C12H22N2O4. The van der Waals surface area contributed by atoms with Crippen LogP contribution in [0.25, 0.3) is 0 Å². The molecular weight excluding hydrogens is 236 g/mol. The number of ether oxygens (including phenoxy) is 2. The molecule has 0 saturated carbocycles. The molecule has 1 N–H and O–H groups in total. The molecule has 18 heavy (non-hydrogen) atoms. The van der Waals surface area contributed by atoms with Crippen LogP contribution in [-0.2, 0) is 14.3 Å². The van der Waals surface area contributed by atoms with Gasteiger partial charge in [0, 0.05) is 13.2 Å². The second-order valence-electron chi connectivity index (χ2n) is 4.37. The molecule has 1 fully saturated rings. The normalized spacial score (nSPS) is 23.9. The Morgan fingerprint density at radius 1 is 1.22 bits per heavy atom. The molecule has 1 heterocycles. The lowest BCUT2D eigenvalue weighted by atomic mass is 9.99. The minimum Gasteiger partial charge on any atom is -0.351 e. The molecule has 1 unspecified atom stereocenters. The van der Waals surface area contributed by atoms with Crippen molar-refractivity contribution in [3.63, 3.8) is 0 Å². The minimum atomic E-state index is -0.805. The molecule has 3 amide bonds. The smallest absolute Gasteiger partial charge is 0.325 e. The van der Waals surface area contributed by atoms with Crippen LogP contribution in [-0.4, -0.2) is 48.4 Å². The number of nitrogens with one attached hydrogen (secondary N) is 1. The Morgan fingerprint density at radius 2 is 1.78 bits per heavy atom. The Bertz CT molecular complexity index is 315. The van der Waals surface area contributed by atoms with Crippen LogP contribution in [0.5, 0.6) is 0 Å². The van der Waals surface area contributed by atoms with Gasteiger partial charge in [-0.3, -0.25) is 9.69 Å². The first-order chi connectivity index (χ1) is 8.48. The van der Waals surface area contributed by atoms with Gasteiger partial charge in [0.15, 0.2) is 6.29 Å². The molecule has 0 aromatic rings. The van der Waals surface area contributed by atoms with Gasteiger partial charge in [0.25, 0.3) is 5.91 Å². The quantitative estimate of drug-likeness (QED) is 0.548. The summed E-state index contributed by atoms with van der Waals surface area (Å²) in [5.74, 6) is -0.223. The maximum Gasteiger partial charge on any atom is 0.325 e. The van der Waals surface area contributed by atoms with E-state index >= 15 is 0 Å². The van der Waals surface area contributed by atoms with E-state index in [0.29, 0.717) is 19.6 Å². The summed E-state index contributed by atoms with van der Waals surface area (Å²) in [6.45, 7) is 8.34. The fourth-order valence-corrected chi connectivity index (χ4v) is 1.83. The SMILES string of the molecule is CCOC(CN1C(=O)NC(C)(CC)C1=O)OCC. The molecule has 104 valence electrons. The number of hydrogen-bond acceptors (Lipinski definition) is 4. The van der Waals surface area contributed by atoms with Crippen LogP contribution in [0.3, 0.4) is 0 Å². The number of imide groups is 1. The van der Waals surface area contributed by atoms with E-state index in [9.17, 15) is 9.59 Å². The van der Waals surface area contributed by atoms with Gasteiger partial charge in [0.2, 0.25) is 0 Å². The van der Waals surface area contributed by atoms with Crippen molar-refractivity contribution in [1.82, 2.24) is 10.2 Å². The van der Waals surface area contributed by atoms with Gasteiger partial charge in [0.1, 0.15) is 5.54 Å². The Labute approximate surface area is 108 Å². The van der Waals surface area contributed by atoms with E-state index in [1.165, 1.54) is 4.90 Å². The number of amides is 3. The molecule has 0 aromatic heterocycles. The number of hydrogen-bond donors (Lipinski definition) is 1. The lowest BCUT2D eigenvalue weighted by Gasteiger charge is -2.23. The molecule has 1 atom stereocenters. The van der Waals surface area contributed by atoms with Crippen LogP contribution in [0.4, 0.5) is 4.79 Å². The minimum absolute atomic E-state index is 0.127. The van der Waals surface area contributed by atoms with Crippen molar-refractivity contribution in [1.29, 1.82) is 0 Å². The van der Waals surface area contributed by atoms with Crippen molar-refractivity contribution in [3.05, 3.63) is 0 Å². The molecule has 0 spiro atoms. The van der Waals surface area contributed by atoms with Gasteiger partial charge in [-0.15, -0.1) is 0 Å². The van der Waals surface area contributed by atoms with E-state index in [2.05, 4.69) is 5.32 Å². The van der Waals surface area contributed by atoms with Gasteiger partial charge in [-0.05, 0) is 27.2 Å². The highest BCUT2D eigenvalue weighted by Gasteiger charge is 2.47. The monoisotopic (exact) mass is 258 g/mol. The molecule has 1 rings (SSSR count). The molecule has 0 radical (unpaired) electrons. The van der Waals surface area contributed by atoms with E-state index in [0.717, 1.165) is 0 Å². The molecule has 1 aliphatic heterocycles. The summed E-state index contributed by atoms with van der Waals surface area (Å²) in [5, 5.41) is 2.70. The van der Waals surface area contributed by atoms with E-state index in [1.54, 1.807) is 6.92 Å². The Morgan fingerprint density at radius 3 is 2.17 bits per heavy atom. The Hall–Kier alpha value is -1.14. The van der Waals surface area contributed by atoms with Crippen LogP contribution in [0, 0.1) is 0 Å². The lowest BCUT2D eigenvalue weighted by molar-refractivity contribution is -0.153. The highest BCUT2D eigenvalue weighted by atomic mass is 16.7. The van der Waals surface area contributed by atoms with E-state index in [4.69, 9.17) is 9.47 Å². The first-order valence-electron chi connectivity index (χ1n) is 6.35. The van der Waals surface area contributed by atoms with Crippen LogP contribution < -0.4 is 5.32 Å². The third-order valence-corrected chi connectivity index (χ3v) is 3.09. The van der Waals surface area contributed by atoms with Gasteiger partial charge in [-0.1, -0.05) is 6.92 Å².